The number of carboxylic acids is 1. The maximum atomic E-state index is 14.1. The predicted octanol–water partition coefficient (Wildman–Crippen LogP) is 3.56. The quantitative estimate of drug-likeness (QED) is 0.574. The molecule has 0 aliphatic carbocycles. The van der Waals surface area contributed by atoms with Crippen LogP contribution in [0.4, 0.5) is 4.79 Å². The minimum atomic E-state index is -1.02. The molecule has 2 heterocycles. The third kappa shape index (κ3) is 6.43. The van der Waals surface area contributed by atoms with Gasteiger partial charge < -0.3 is 25.0 Å². The van der Waals surface area contributed by atoms with E-state index in [1.165, 1.54) is 4.90 Å². The summed E-state index contributed by atoms with van der Waals surface area (Å²) in [6, 6.07) is 7.76. The Hall–Kier alpha value is -3.10. The third-order valence-electron chi connectivity index (χ3n) is 7.62. The number of nitrogens with one attached hydrogen (secondary N) is 1. The van der Waals surface area contributed by atoms with Crippen LogP contribution in [0.1, 0.15) is 72.3 Å². The zero-order chi connectivity index (χ0) is 27.4. The van der Waals surface area contributed by atoms with Gasteiger partial charge in [-0.25, -0.2) is 9.59 Å². The van der Waals surface area contributed by atoms with Gasteiger partial charge >= 0.3 is 12.1 Å². The van der Waals surface area contributed by atoms with E-state index in [1.54, 1.807) is 4.90 Å². The minimum Gasteiger partial charge on any atom is -0.480 e. The van der Waals surface area contributed by atoms with Crippen LogP contribution in [0.5, 0.6) is 0 Å². The highest BCUT2D eigenvalue weighted by Gasteiger charge is 2.47. The molecule has 0 bridgehead atoms. The van der Waals surface area contributed by atoms with Gasteiger partial charge in [0, 0.05) is 19.6 Å². The lowest BCUT2D eigenvalue weighted by Gasteiger charge is -2.42. The van der Waals surface area contributed by atoms with Crippen LogP contribution < -0.4 is 5.32 Å². The van der Waals surface area contributed by atoms with Crippen molar-refractivity contribution < 1.29 is 29.0 Å². The number of benzene rings is 1. The van der Waals surface area contributed by atoms with Crippen molar-refractivity contribution in [1.29, 1.82) is 0 Å². The van der Waals surface area contributed by atoms with E-state index in [9.17, 15) is 24.3 Å². The molecule has 1 unspecified atom stereocenters. The van der Waals surface area contributed by atoms with Crippen molar-refractivity contribution in [2.24, 2.45) is 5.92 Å². The molecule has 204 valence electrons. The molecule has 1 aromatic carbocycles. The molecule has 2 saturated heterocycles. The summed E-state index contributed by atoms with van der Waals surface area (Å²) in [6.45, 7) is 10.3. The molecule has 37 heavy (non-hydrogen) atoms. The number of hydrogen-bond donors (Lipinski definition) is 2. The molecule has 2 N–H and O–H groups in total. The van der Waals surface area contributed by atoms with Gasteiger partial charge in [0.05, 0.1) is 5.41 Å². The van der Waals surface area contributed by atoms with Gasteiger partial charge in [-0.3, -0.25) is 9.59 Å². The Kier molecular flexibility index (Phi) is 8.87. The van der Waals surface area contributed by atoms with Crippen molar-refractivity contribution in [1.82, 2.24) is 15.1 Å². The normalized spacial score (nSPS) is 21.2. The second kappa shape index (κ2) is 11.5. The molecule has 2 aliphatic rings. The standard InChI is InChI=1S/C28H41N3O6/c1-6-19(2)22(23(32)31-16-10-13-21(31)24(33)34)29-25(35)28(20-11-8-7-9-12-20)14-17-30(18-15-28)26(36)37-27(3,4)5/h7-9,11-12,19,21-22H,6,10,13-18H2,1-5H3,(H,29,35)(H,33,34)/t19?,21-,22-/m0/s1. The van der Waals surface area contributed by atoms with Crippen LogP contribution in [0, 0.1) is 5.92 Å². The highest BCUT2D eigenvalue weighted by atomic mass is 16.6. The number of carbonyl (C=O) groups is 4. The maximum Gasteiger partial charge on any atom is 0.410 e. The first kappa shape index (κ1) is 28.5. The van der Waals surface area contributed by atoms with Crippen LogP contribution in [0.25, 0.3) is 0 Å². The first-order chi connectivity index (χ1) is 17.4. The van der Waals surface area contributed by atoms with Gasteiger partial charge in [0.15, 0.2) is 0 Å². The molecule has 2 fully saturated rings. The number of rotatable bonds is 7. The highest BCUT2D eigenvalue weighted by Crippen LogP contribution is 2.37. The Morgan fingerprint density at radius 2 is 1.73 bits per heavy atom. The topological polar surface area (TPSA) is 116 Å². The number of ether oxygens (including phenoxy) is 1. The molecular weight excluding hydrogens is 474 g/mol. The summed E-state index contributed by atoms with van der Waals surface area (Å²) in [7, 11) is 0. The van der Waals surface area contributed by atoms with Gasteiger partial charge in [-0.1, -0.05) is 50.6 Å². The Morgan fingerprint density at radius 3 is 2.27 bits per heavy atom. The minimum absolute atomic E-state index is 0.179. The van der Waals surface area contributed by atoms with Gasteiger partial charge in [-0.2, -0.15) is 0 Å². The number of piperidine rings is 1. The van der Waals surface area contributed by atoms with E-state index in [0.29, 0.717) is 51.7 Å². The fourth-order valence-corrected chi connectivity index (χ4v) is 5.23. The molecule has 0 spiro atoms. The van der Waals surface area contributed by atoms with Crippen LogP contribution in [0.3, 0.4) is 0 Å². The molecule has 3 atom stereocenters. The number of nitrogens with zero attached hydrogens (tertiary/aromatic N) is 2. The molecule has 2 aliphatic heterocycles. The first-order valence-electron chi connectivity index (χ1n) is 13.3. The number of carboxylic acid groups (broad SMARTS) is 1. The predicted molar refractivity (Wildman–Crippen MR) is 139 cm³/mol. The molecule has 9 heteroatoms. The zero-order valence-corrected chi connectivity index (χ0v) is 22.7. The van der Waals surface area contributed by atoms with Crippen molar-refractivity contribution in [2.45, 2.75) is 89.8 Å². The van der Waals surface area contributed by atoms with Crippen molar-refractivity contribution in [2.75, 3.05) is 19.6 Å². The van der Waals surface area contributed by atoms with Crippen LogP contribution in [-0.2, 0) is 24.5 Å². The van der Waals surface area contributed by atoms with E-state index in [4.69, 9.17) is 4.74 Å². The van der Waals surface area contributed by atoms with Crippen LogP contribution in [0.15, 0.2) is 30.3 Å². The zero-order valence-electron chi connectivity index (χ0n) is 22.7. The molecule has 0 aromatic heterocycles. The van der Waals surface area contributed by atoms with E-state index >= 15 is 0 Å². The smallest absolute Gasteiger partial charge is 0.410 e. The molecule has 3 rings (SSSR count). The average Bonchev–Trinajstić information content (AvgIpc) is 3.36. The number of amides is 3. The second-order valence-electron chi connectivity index (χ2n) is 11.3. The fourth-order valence-electron chi connectivity index (χ4n) is 5.23. The number of aliphatic carboxylic acids is 1. The average molecular weight is 516 g/mol. The van der Waals surface area contributed by atoms with Crippen molar-refractivity contribution in [3.63, 3.8) is 0 Å². The Labute approximate surface area is 219 Å². The van der Waals surface area contributed by atoms with Crippen LogP contribution in [0.2, 0.25) is 0 Å². The highest BCUT2D eigenvalue weighted by molar-refractivity contribution is 5.95. The number of carbonyl (C=O) groups excluding carboxylic acids is 3. The van der Waals surface area contributed by atoms with Gasteiger partial charge in [-0.15, -0.1) is 0 Å². The first-order valence-corrected chi connectivity index (χ1v) is 13.3. The van der Waals surface area contributed by atoms with Crippen molar-refractivity contribution in [3.05, 3.63) is 35.9 Å². The molecular formula is C28H41N3O6. The van der Waals surface area contributed by atoms with Crippen LogP contribution in [-0.4, -0.2) is 76.1 Å². The van der Waals surface area contributed by atoms with Gasteiger partial charge in [0.25, 0.3) is 0 Å². The number of likely N-dealkylation sites (tertiary alicyclic amines) is 2. The summed E-state index contributed by atoms with van der Waals surface area (Å²) in [4.78, 5) is 55.1. The van der Waals surface area contributed by atoms with E-state index in [-0.39, 0.29) is 17.7 Å². The molecule has 1 aromatic rings. The van der Waals surface area contributed by atoms with E-state index in [0.717, 1.165) is 5.56 Å². The molecule has 0 radical (unpaired) electrons. The third-order valence-corrected chi connectivity index (χ3v) is 7.62. The van der Waals surface area contributed by atoms with Gasteiger partial charge in [0.1, 0.15) is 17.7 Å². The lowest BCUT2D eigenvalue weighted by atomic mass is 9.71. The Morgan fingerprint density at radius 1 is 1.11 bits per heavy atom. The van der Waals surface area contributed by atoms with E-state index in [2.05, 4.69) is 5.32 Å². The summed E-state index contributed by atoms with van der Waals surface area (Å²) in [5.41, 5.74) is -0.713. The Bertz CT molecular complexity index is 981. The SMILES string of the molecule is CCC(C)[C@H](NC(=O)C1(c2ccccc2)CCN(C(=O)OC(C)(C)C)CC1)C(=O)N1CCC[C@H]1C(=O)O. The van der Waals surface area contributed by atoms with E-state index in [1.807, 2.05) is 65.0 Å². The van der Waals surface area contributed by atoms with Gasteiger partial charge in [0.2, 0.25) is 11.8 Å². The second-order valence-corrected chi connectivity index (χ2v) is 11.3. The van der Waals surface area contributed by atoms with Crippen molar-refractivity contribution >= 4 is 23.9 Å². The van der Waals surface area contributed by atoms with Crippen LogP contribution >= 0.6 is 0 Å². The molecule has 9 nitrogen and oxygen atoms in total. The lowest BCUT2D eigenvalue weighted by Crippen LogP contribution is -2.59. The summed E-state index contributed by atoms with van der Waals surface area (Å²) in [5, 5.41) is 12.6. The van der Waals surface area contributed by atoms with Crippen molar-refractivity contribution in [3.8, 4) is 0 Å². The summed E-state index contributed by atoms with van der Waals surface area (Å²) < 4.78 is 5.53. The van der Waals surface area contributed by atoms with Gasteiger partial charge in [-0.05, 0) is 57.9 Å². The summed E-state index contributed by atoms with van der Waals surface area (Å²) in [6.07, 6.45) is 2.04. The summed E-state index contributed by atoms with van der Waals surface area (Å²) >= 11 is 0. The van der Waals surface area contributed by atoms with E-state index < -0.39 is 35.2 Å². The molecule has 3 amide bonds. The maximum absolute atomic E-state index is 14.1. The fraction of sp³-hybridized carbons (Fsp3) is 0.643. The lowest BCUT2D eigenvalue weighted by molar-refractivity contribution is -0.150. The summed E-state index contributed by atoms with van der Waals surface area (Å²) in [5.74, 6) is -1.81. The largest absolute Gasteiger partial charge is 0.480 e. The Balaban J connectivity index is 1.86. The monoisotopic (exact) mass is 515 g/mol. The molecule has 0 saturated carbocycles. The number of hydrogen-bond acceptors (Lipinski definition) is 5.